The molecular weight excluding hydrogens is 314 g/mol. The molecule has 2 aliphatic rings. The monoisotopic (exact) mass is 337 g/mol. The second-order valence-corrected chi connectivity index (χ2v) is 8.37. The van der Waals surface area contributed by atoms with Gasteiger partial charge in [-0.15, -0.1) is 11.8 Å². The number of carbonyl (C=O) groups excluding carboxylic acids is 2. The summed E-state index contributed by atoms with van der Waals surface area (Å²) in [4.78, 5) is 30.9. The van der Waals surface area contributed by atoms with Crippen LogP contribution in [0.1, 0.15) is 44.3 Å². The number of carbonyl (C=O) groups is 2. The predicted molar refractivity (Wildman–Crippen MR) is 88.1 cm³/mol. The maximum atomic E-state index is 12.6. The van der Waals surface area contributed by atoms with Crippen molar-refractivity contribution in [3.8, 4) is 0 Å². The number of hydrogen-bond donors (Lipinski definition) is 2. The van der Waals surface area contributed by atoms with E-state index in [0.717, 1.165) is 24.5 Å². The fraction of sp³-hybridized carbons (Fsp3) is 0.733. The molecule has 1 aromatic heterocycles. The minimum atomic E-state index is -0.451. The summed E-state index contributed by atoms with van der Waals surface area (Å²) in [5.41, 5.74) is 0. The molecule has 3 rings (SSSR count). The van der Waals surface area contributed by atoms with Crippen LogP contribution in [0.2, 0.25) is 0 Å². The molecule has 8 heteroatoms. The average molecular weight is 337 g/mol. The van der Waals surface area contributed by atoms with Gasteiger partial charge in [0, 0.05) is 24.8 Å². The number of nitrogens with one attached hydrogen (secondary N) is 2. The molecule has 1 aromatic rings. The van der Waals surface area contributed by atoms with Crippen LogP contribution in [0.3, 0.4) is 0 Å². The number of likely N-dealkylation sites (tertiary alicyclic amines) is 1. The van der Waals surface area contributed by atoms with Crippen molar-refractivity contribution >= 4 is 23.6 Å². The molecule has 0 aliphatic carbocycles. The van der Waals surface area contributed by atoms with Gasteiger partial charge in [-0.05, 0) is 33.6 Å². The molecule has 0 aromatic carbocycles. The summed E-state index contributed by atoms with van der Waals surface area (Å²) in [5.74, 6) is 2.58. The molecule has 0 spiro atoms. The molecule has 1 atom stereocenters. The van der Waals surface area contributed by atoms with E-state index in [9.17, 15) is 9.59 Å². The van der Waals surface area contributed by atoms with Crippen LogP contribution >= 0.6 is 11.8 Å². The van der Waals surface area contributed by atoms with Crippen molar-refractivity contribution in [2.75, 3.05) is 18.8 Å². The average Bonchev–Trinajstić information content (AvgIpc) is 2.96. The van der Waals surface area contributed by atoms with Gasteiger partial charge in [0.05, 0.1) is 4.75 Å². The number of amides is 2. The molecule has 0 radical (unpaired) electrons. The van der Waals surface area contributed by atoms with E-state index in [1.807, 2.05) is 25.7 Å². The van der Waals surface area contributed by atoms with E-state index in [2.05, 4.69) is 20.5 Å². The highest BCUT2D eigenvalue weighted by Crippen LogP contribution is 2.31. The standard InChI is InChI=1S/C15H23N5O2S/c1-9-16-12(19-18-9)10-4-6-20(7-5-10)13(21)11-8-23-15(2,3)14(22)17-11/h10-11H,4-8H2,1-3H3,(H,17,22)(H,16,18,19). The zero-order chi connectivity index (χ0) is 16.6. The third-order valence-corrected chi connectivity index (χ3v) is 5.95. The molecule has 1 unspecified atom stereocenters. The molecule has 2 N–H and O–H groups in total. The van der Waals surface area contributed by atoms with Crippen molar-refractivity contribution in [2.24, 2.45) is 0 Å². The molecule has 3 heterocycles. The van der Waals surface area contributed by atoms with E-state index in [-0.39, 0.29) is 11.8 Å². The Morgan fingerprint density at radius 2 is 2.04 bits per heavy atom. The fourth-order valence-corrected chi connectivity index (χ4v) is 3.98. The lowest BCUT2D eigenvalue weighted by Crippen LogP contribution is -2.58. The molecule has 0 saturated carbocycles. The summed E-state index contributed by atoms with van der Waals surface area (Å²) in [6, 6.07) is -0.400. The number of aryl methyl sites for hydroxylation is 1. The van der Waals surface area contributed by atoms with Crippen LogP contribution in [0.15, 0.2) is 0 Å². The Morgan fingerprint density at radius 1 is 1.35 bits per heavy atom. The van der Waals surface area contributed by atoms with Gasteiger partial charge in [0.15, 0.2) is 5.82 Å². The molecule has 23 heavy (non-hydrogen) atoms. The Kier molecular flexibility index (Phi) is 4.35. The van der Waals surface area contributed by atoms with E-state index in [1.165, 1.54) is 0 Å². The lowest BCUT2D eigenvalue weighted by Gasteiger charge is -2.37. The quantitative estimate of drug-likeness (QED) is 0.834. The van der Waals surface area contributed by atoms with Crippen molar-refractivity contribution in [3.05, 3.63) is 11.6 Å². The highest BCUT2D eigenvalue weighted by Gasteiger charge is 2.39. The second kappa shape index (κ2) is 6.14. The van der Waals surface area contributed by atoms with Crippen molar-refractivity contribution in [1.82, 2.24) is 25.4 Å². The molecule has 2 fully saturated rings. The first kappa shape index (κ1) is 16.3. The number of nitrogens with zero attached hydrogens (tertiary/aromatic N) is 3. The van der Waals surface area contributed by atoms with Crippen LogP contribution in [-0.2, 0) is 9.59 Å². The van der Waals surface area contributed by atoms with E-state index in [0.29, 0.717) is 24.8 Å². The number of rotatable bonds is 2. The van der Waals surface area contributed by atoms with Crippen LogP contribution in [0.25, 0.3) is 0 Å². The Morgan fingerprint density at radius 3 is 2.61 bits per heavy atom. The van der Waals surface area contributed by atoms with Crippen LogP contribution in [0.4, 0.5) is 0 Å². The van der Waals surface area contributed by atoms with Crippen molar-refractivity contribution in [3.63, 3.8) is 0 Å². The third-order valence-electron chi connectivity index (χ3n) is 4.55. The van der Waals surface area contributed by atoms with Crippen LogP contribution < -0.4 is 5.32 Å². The number of piperidine rings is 1. The molecular formula is C15H23N5O2S. The fourth-order valence-electron chi connectivity index (χ4n) is 2.98. The molecule has 0 bridgehead atoms. The van der Waals surface area contributed by atoms with Gasteiger partial charge < -0.3 is 10.2 Å². The number of aromatic amines is 1. The molecule has 2 saturated heterocycles. The van der Waals surface area contributed by atoms with Gasteiger partial charge >= 0.3 is 0 Å². The second-order valence-electron chi connectivity index (χ2n) is 6.73. The first-order valence-electron chi connectivity index (χ1n) is 7.99. The number of H-pyrrole nitrogens is 1. The Bertz CT molecular complexity index is 607. The van der Waals surface area contributed by atoms with Gasteiger partial charge in [-0.25, -0.2) is 4.98 Å². The predicted octanol–water partition coefficient (Wildman–Crippen LogP) is 0.829. The Balaban J connectivity index is 1.55. The third kappa shape index (κ3) is 3.36. The molecule has 7 nitrogen and oxygen atoms in total. The topological polar surface area (TPSA) is 91.0 Å². The van der Waals surface area contributed by atoms with Crippen LogP contribution in [-0.4, -0.2) is 61.5 Å². The summed E-state index contributed by atoms with van der Waals surface area (Å²) in [6.07, 6.45) is 1.73. The lowest BCUT2D eigenvalue weighted by atomic mass is 9.95. The van der Waals surface area contributed by atoms with Crippen LogP contribution in [0.5, 0.6) is 0 Å². The summed E-state index contributed by atoms with van der Waals surface area (Å²) < 4.78 is -0.451. The van der Waals surface area contributed by atoms with E-state index >= 15 is 0 Å². The molecule has 126 valence electrons. The first-order chi connectivity index (χ1) is 10.9. The van der Waals surface area contributed by atoms with Crippen LogP contribution in [0, 0.1) is 6.92 Å². The Hall–Kier alpha value is -1.57. The van der Waals surface area contributed by atoms with E-state index in [4.69, 9.17) is 0 Å². The van der Waals surface area contributed by atoms with Gasteiger partial charge in [-0.1, -0.05) is 0 Å². The minimum absolute atomic E-state index is 0.0333. The van der Waals surface area contributed by atoms with Gasteiger partial charge in [-0.3, -0.25) is 14.7 Å². The SMILES string of the molecule is Cc1nc(C2CCN(C(=O)C3CSC(C)(C)C(=O)N3)CC2)n[nH]1. The van der Waals surface area contributed by atoms with Crippen molar-refractivity contribution in [1.29, 1.82) is 0 Å². The first-order valence-corrected chi connectivity index (χ1v) is 8.98. The maximum absolute atomic E-state index is 12.6. The number of thioether (sulfide) groups is 1. The summed E-state index contributed by atoms with van der Waals surface area (Å²) in [6.45, 7) is 7.05. The minimum Gasteiger partial charge on any atom is -0.342 e. The number of hydrogen-bond acceptors (Lipinski definition) is 5. The van der Waals surface area contributed by atoms with E-state index < -0.39 is 10.8 Å². The van der Waals surface area contributed by atoms with E-state index in [1.54, 1.807) is 11.8 Å². The highest BCUT2D eigenvalue weighted by molar-refractivity contribution is 8.01. The summed E-state index contributed by atoms with van der Waals surface area (Å²) in [7, 11) is 0. The van der Waals surface area contributed by atoms with Gasteiger partial charge in [-0.2, -0.15) is 5.10 Å². The van der Waals surface area contributed by atoms with Gasteiger partial charge in [0.2, 0.25) is 11.8 Å². The smallest absolute Gasteiger partial charge is 0.246 e. The molecule has 2 aliphatic heterocycles. The highest BCUT2D eigenvalue weighted by atomic mass is 32.2. The summed E-state index contributed by atoms with van der Waals surface area (Å²) >= 11 is 1.55. The lowest BCUT2D eigenvalue weighted by molar-refractivity contribution is -0.137. The van der Waals surface area contributed by atoms with Gasteiger partial charge in [0.25, 0.3) is 0 Å². The normalized spacial score (nSPS) is 25.3. The number of aromatic nitrogens is 3. The maximum Gasteiger partial charge on any atom is 0.246 e. The van der Waals surface area contributed by atoms with Gasteiger partial charge in [0.1, 0.15) is 11.9 Å². The molecule has 2 amide bonds. The zero-order valence-electron chi connectivity index (χ0n) is 13.8. The summed E-state index contributed by atoms with van der Waals surface area (Å²) in [5, 5.41) is 9.97. The Labute approximate surface area is 140 Å². The van der Waals surface area contributed by atoms with Crippen molar-refractivity contribution in [2.45, 2.75) is 50.3 Å². The zero-order valence-corrected chi connectivity index (χ0v) is 14.6. The largest absolute Gasteiger partial charge is 0.342 e. The van der Waals surface area contributed by atoms with Crippen molar-refractivity contribution < 1.29 is 9.59 Å².